The minimum absolute atomic E-state index is 0.301. The lowest BCUT2D eigenvalue weighted by Crippen LogP contribution is -2.50. The molecule has 0 unspecified atom stereocenters. The van der Waals surface area contributed by atoms with Crippen molar-refractivity contribution < 1.29 is 10.2 Å². The van der Waals surface area contributed by atoms with Crippen molar-refractivity contribution >= 4 is 63.7 Å². The number of benzene rings is 2. The van der Waals surface area contributed by atoms with E-state index in [-0.39, 0.29) is 0 Å². The van der Waals surface area contributed by atoms with E-state index >= 15 is 0 Å². The fraction of sp³-hybridized carbons (Fsp3) is 0.455. The zero-order chi connectivity index (χ0) is 22.0. The zero-order valence-corrected chi connectivity index (χ0v) is 23.4. The molecule has 0 saturated heterocycles. The molecule has 0 amide bonds. The highest BCUT2D eigenvalue weighted by atomic mass is 79.9. The monoisotopic (exact) mass is 666 g/mol. The normalized spacial score (nSPS) is 19.6. The molecule has 0 aliphatic heterocycles. The molecular weight excluding hydrogens is 644 g/mol. The van der Waals surface area contributed by atoms with Gasteiger partial charge in [0.25, 0.3) is 0 Å². The van der Waals surface area contributed by atoms with Crippen molar-refractivity contribution in [3.63, 3.8) is 0 Å². The van der Waals surface area contributed by atoms with Crippen molar-refractivity contribution in [2.45, 2.75) is 50.9 Å². The number of halogens is 4. The van der Waals surface area contributed by atoms with E-state index in [1.165, 1.54) is 12.8 Å². The van der Waals surface area contributed by atoms with E-state index in [1.807, 2.05) is 24.3 Å². The molecule has 8 heteroatoms. The molecule has 3 rings (SSSR count). The molecule has 0 bridgehead atoms. The summed E-state index contributed by atoms with van der Waals surface area (Å²) in [4.78, 5) is 4.70. The molecular formula is C22H26Br4N2O2. The summed E-state index contributed by atoms with van der Waals surface area (Å²) in [6.07, 6.45) is 4.66. The minimum Gasteiger partial charge on any atom is -0.506 e. The van der Waals surface area contributed by atoms with Crippen LogP contribution >= 0.6 is 63.7 Å². The van der Waals surface area contributed by atoms with E-state index in [0.29, 0.717) is 45.6 Å². The largest absolute Gasteiger partial charge is 0.506 e. The Morgan fingerprint density at radius 1 is 0.733 bits per heavy atom. The van der Waals surface area contributed by atoms with E-state index < -0.39 is 0 Å². The third-order valence-electron chi connectivity index (χ3n) is 5.88. The Morgan fingerprint density at radius 2 is 1.10 bits per heavy atom. The Kier molecular flexibility index (Phi) is 8.72. The van der Waals surface area contributed by atoms with Gasteiger partial charge < -0.3 is 10.2 Å². The number of hydrogen-bond acceptors (Lipinski definition) is 4. The van der Waals surface area contributed by atoms with Gasteiger partial charge in [0, 0.05) is 45.2 Å². The average molecular weight is 670 g/mol. The van der Waals surface area contributed by atoms with Crippen LogP contribution in [0.4, 0.5) is 0 Å². The number of likely N-dealkylation sites (N-methyl/N-ethyl adjacent to an activating group) is 2. The van der Waals surface area contributed by atoms with Crippen molar-refractivity contribution in [3.8, 4) is 11.5 Å². The summed E-state index contributed by atoms with van der Waals surface area (Å²) in [5, 5.41) is 21.0. The fourth-order valence-corrected chi connectivity index (χ4v) is 7.00. The highest BCUT2D eigenvalue weighted by Crippen LogP contribution is 2.36. The lowest BCUT2D eigenvalue weighted by atomic mass is 9.88. The predicted octanol–water partition coefficient (Wildman–Crippen LogP) is 7.02. The molecule has 1 saturated carbocycles. The van der Waals surface area contributed by atoms with Gasteiger partial charge in [0.2, 0.25) is 0 Å². The molecule has 1 aliphatic carbocycles. The molecule has 0 radical (unpaired) electrons. The lowest BCUT2D eigenvalue weighted by Gasteiger charge is -2.43. The summed E-state index contributed by atoms with van der Waals surface area (Å²) in [5.41, 5.74) is 1.80. The van der Waals surface area contributed by atoms with Crippen LogP contribution in [0.5, 0.6) is 11.5 Å². The van der Waals surface area contributed by atoms with Gasteiger partial charge in [-0.1, -0.05) is 44.7 Å². The molecule has 2 N–H and O–H groups in total. The first-order valence-electron chi connectivity index (χ1n) is 9.91. The number of rotatable bonds is 6. The van der Waals surface area contributed by atoms with Gasteiger partial charge in [0.1, 0.15) is 11.5 Å². The van der Waals surface area contributed by atoms with Crippen LogP contribution in [0.15, 0.2) is 42.2 Å². The Hall–Kier alpha value is -0.120. The second-order valence-corrected chi connectivity index (χ2v) is 11.6. The van der Waals surface area contributed by atoms with E-state index in [4.69, 9.17) is 0 Å². The molecule has 0 spiro atoms. The number of phenols is 2. The van der Waals surface area contributed by atoms with Gasteiger partial charge in [-0.05, 0) is 83.1 Å². The van der Waals surface area contributed by atoms with Crippen molar-refractivity contribution in [3.05, 3.63) is 53.3 Å². The summed E-state index contributed by atoms with van der Waals surface area (Å²) >= 11 is 13.9. The van der Waals surface area contributed by atoms with Gasteiger partial charge in [-0.2, -0.15) is 0 Å². The molecule has 2 aromatic carbocycles. The van der Waals surface area contributed by atoms with Gasteiger partial charge in [-0.3, -0.25) is 9.80 Å². The number of aromatic hydroxyl groups is 2. The summed E-state index contributed by atoms with van der Waals surface area (Å²) < 4.78 is 3.30. The third kappa shape index (κ3) is 5.81. The van der Waals surface area contributed by atoms with Gasteiger partial charge in [-0.15, -0.1) is 0 Å². The zero-order valence-electron chi connectivity index (χ0n) is 17.0. The average Bonchev–Trinajstić information content (AvgIpc) is 2.69. The number of hydrogen-bond donors (Lipinski definition) is 2. The maximum atomic E-state index is 10.5. The van der Waals surface area contributed by atoms with Crippen LogP contribution in [0.1, 0.15) is 36.8 Å². The first kappa shape index (κ1) is 24.5. The van der Waals surface area contributed by atoms with Crippen molar-refractivity contribution in [1.29, 1.82) is 0 Å². The van der Waals surface area contributed by atoms with E-state index in [1.54, 1.807) is 0 Å². The Labute approximate surface area is 212 Å². The van der Waals surface area contributed by atoms with Crippen LogP contribution in [-0.4, -0.2) is 46.2 Å². The molecule has 2 atom stereocenters. The molecule has 0 heterocycles. The first-order chi connectivity index (χ1) is 14.2. The Balaban J connectivity index is 1.77. The third-order valence-corrected chi connectivity index (χ3v) is 8.00. The predicted molar refractivity (Wildman–Crippen MR) is 136 cm³/mol. The quantitative estimate of drug-likeness (QED) is 0.347. The molecule has 2 aromatic rings. The standard InChI is InChI=1S/C22H26Br4N2O2/c1-27(11-13-7-15(23)9-17(25)21(13)29)19-5-3-4-6-20(19)28(2)12-14-8-16(24)10-18(26)22(14)30/h7-10,19-20,29-30H,3-6,11-12H2,1-2H3/t19-,20-/m1/s1. The number of phenolic OH excluding ortho intramolecular Hbond substituents is 2. The highest BCUT2D eigenvalue weighted by Gasteiger charge is 2.32. The Morgan fingerprint density at radius 3 is 1.47 bits per heavy atom. The van der Waals surface area contributed by atoms with Gasteiger partial charge >= 0.3 is 0 Å². The maximum absolute atomic E-state index is 10.5. The van der Waals surface area contributed by atoms with Crippen LogP contribution < -0.4 is 0 Å². The van der Waals surface area contributed by atoms with Crippen LogP contribution in [0.2, 0.25) is 0 Å². The van der Waals surface area contributed by atoms with Crippen LogP contribution in [-0.2, 0) is 13.1 Å². The van der Waals surface area contributed by atoms with Crippen molar-refractivity contribution in [2.24, 2.45) is 0 Å². The molecule has 0 aromatic heterocycles. The summed E-state index contributed by atoms with van der Waals surface area (Å²) in [5.74, 6) is 0.601. The van der Waals surface area contributed by atoms with Gasteiger partial charge in [0.15, 0.2) is 0 Å². The van der Waals surface area contributed by atoms with Crippen molar-refractivity contribution in [1.82, 2.24) is 9.80 Å². The second-order valence-electron chi connectivity index (χ2n) is 8.04. The topological polar surface area (TPSA) is 46.9 Å². The molecule has 4 nitrogen and oxygen atoms in total. The highest BCUT2D eigenvalue weighted by molar-refractivity contribution is 9.11. The van der Waals surface area contributed by atoms with Crippen LogP contribution in [0.3, 0.4) is 0 Å². The maximum Gasteiger partial charge on any atom is 0.134 e. The van der Waals surface area contributed by atoms with Crippen molar-refractivity contribution in [2.75, 3.05) is 14.1 Å². The van der Waals surface area contributed by atoms with Gasteiger partial charge in [0.05, 0.1) is 8.95 Å². The fourth-order valence-electron chi connectivity index (χ4n) is 4.37. The first-order valence-corrected chi connectivity index (χ1v) is 13.1. The molecule has 1 fully saturated rings. The van der Waals surface area contributed by atoms with Gasteiger partial charge in [-0.25, -0.2) is 0 Å². The summed E-state index contributed by atoms with van der Waals surface area (Å²) in [7, 11) is 4.27. The molecule has 164 valence electrons. The van der Waals surface area contributed by atoms with E-state index in [2.05, 4.69) is 87.6 Å². The summed E-state index contributed by atoms with van der Waals surface area (Å²) in [6, 6.07) is 8.43. The minimum atomic E-state index is 0.301. The van der Waals surface area contributed by atoms with E-state index in [9.17, 15) is 10.2 Å². The molecule has 30 heavy (non-hydrogen) atoms. The van der Waals surface area contributed by atoms with Crippen LogP contribution in [0, 0.1) is 0 Å². The number of nitrogens with zero attached hydrogens (tertiary/aromatic N) is 2. The Bertz CT molecular complexity index is 836. The van der Waals surface area contributed by atoms with E-state index in [0.717, 1.165) is 32.9 Å². The SMILES string of the molecule is CN(Cc1cc(Br)cc(Br)c1O)[C@@H]1CCCC[C@H]1N(C)Cc1cc(Br)cc(Br)c1O. The smallest absolute Gasteiger partial charge is 0.134 e. The van der Waals surface area contributed by atoms with Crippen LogP contribution in [0.25, 0.3) is 0 Å². The summed E-state index contributed by atoms with van der Waals surface area (Å²) in [6.45, 7) is 1.35. The second kappa shape index (κ2) is 10.7. The molecule has 1 aliphatic rings. The lowest BCUT2D eigenvalue weighted by molar-refractivity contribution is 0.0685.